The Labute approximate surface area is 111 Å². The molecule has 0 N–H and O–H groups in total. The normalized spacial score (nSPS) is 10.5. The van der Waals surface area contributed by atoms with Crippen molar-refractivity contribution in [3.05, 3.63) is 66.5 Å². The van der Waals surface area contributed by atoms with Gasteiger partial charge in [-0.25, -0.2) is 9.97 Å². The maximum atomic E-state index is 5.77. The SMILES string of the molecule is c1ccc(CCOc2ncnc3ccccc23)cc1. The highest BCUT2D eigenvalue weighted by atomic mass is 16.5. The van der Waals surface area contributed by atoms with E-state index in [-0.39, 0.29) is 0 Å². The summed E-state index contributed by atoms with van der Waals surface area (Å²) in [5, 5.41) is 0.957. The maximum Gasteiger partial charge on any atom is 0.224 e. The summed E-state index contributed by atoms with van der Waals surface area (Å²) < 4.78 is 5.77. The minimum Gasteiger partial charge on any atom is -0.477 e. The van der Waals surface area contributed by atoms with Crippen molar-refractivity contribution in [2.45, 2.75) is 6.42 Å². The van der Waals surface area contributed by atoms with Crippen LogP contribution < -0.4 is 4.74 Å². The zero-order valence-corrected chi connectivity index (χ0v) is 10.5. The summed E-state index contributed by atoms with van der Waals surface area (Å²) in [5.41, 5.74) is 2.17. The van der Waals surface area contributed by atoms with Gasteiger partial charge in [-0.05, 0) is 17.7 Å². The third-order valence-electron chi connectivity index (χ3n) is 2.98. The van der Waals surface area contributed by atoms with Gasteiger partial charge in [0.2, 0.25) is 5.88 Å². The minimum absolute atomic E-state index is 0.616. The molecule has 3 aromatic rings. The van der Waals surface area contributed by atoms with Crippen molar-refractivity contribution >= 4 is 10.9 Å². The molecule has 0 radical (unpaired) electrons. The highest BCUT2D eigenvalue weighted by Crippen LogP contribution is 2.20. The summed E-state index contributed by atoms with van der Waals surface area (Å²) in [5.74, 6) is 0.654. The first-order valence-electron chi connectivity index (χ1n) is 6.30. The van der Waals surface area contributed by atoms with Crippen LogP contribution in [0, 0.1) is 0 Å². The van der Waals surface area contributed by atoms with Crippen molar-refractivity contribution in [3.63, 3.8) is 0 Å². The molecule has 0 atom stereocenters. The fraction of sp³-hybridized carbons (Fsp3) is 0.125. The summed E-state index contributed by atoms with van der Waals surface area (Å²) in [6, 6.07) is 18.2. The molecule has 3 rings (SSSR count). The lowest BCUT2D eigenvalue weighted by molar-refractivity contribution is 0.313. The summed E-state index contributed by atoms with van der Waals surface area (Å²) in [7, 11) is 0. The molecule has 3 heteroatoms. The molecule has 0 spiro atoms. The lowest BCUT2D eigenvalue weighted by Crippen LogP contribution is -2.03. The predicted octanol–water partition coefficient (Wildman–Crippen LogP) is 3.25. The zero-order chi connectivity index (χ0) is 12.9. The van der Waals surface area contributed by atoms with Gasteiger partial charge in [0.15, 0.2) is 0 Å². The number of nitrogens with zero attached hydrogens (tertiary/aromatic N) is 2. The van der Waals surface area contributed by atoms with Gasteiger partial charge in [-0.15, -0.1) is 0 Å². The van der Waals surface area contributed by atoms with Crippen LogP contribution in [0.4, 0.5) is 0 Å². The Hall–Kier alpha value is -2.42. The standard InChI is InChI=1S/C16H14N2O/c1-2-6-13(7-3-1)10-11-19-16-14-8-4-5-9-15(14)17-12-18-16/h1-9,12H,10-11H2. The van der Waals surface area contributed by atoms with Gasteiger partial charge in [0, 0.05) is 6.42 Å². The van der Waals surface area contributed by atoms with Crippen LogP contribution in [0.2, 0.25) is 0 Å². The number of hydrogen-bond donors (Lipinski definition) is 0. The van der Waals surface area contributed by atoms with Crippen molar-refractivity contribution < 1.29 is 4.74 Å². The van der Waals surface area contributed by atoms with Gasteiger partial charge >= 0.3 is 0 Å². The van der Waals surface area contributed by atoms with Crippen LogP contribution in [-0.2, 0) is 6.42 Å². The number of aromatic nitrogens is 2. The van der Waals surface area contributed by atoms with E-state index in [0.717, 1.165) is 17.3 Å². The van der Waals surface area contributed by atoms with E-state index in [1.807, 2.05) is 42.5 Å². The molecule has 0 unspecified atom stereocenters. The second-order valence-corrected chi connectivity index (χ2v) is 4.28. The van der Waals surface area contributed by atoms with E-state index >= 15 is 0 Å². The molecule has 0 aliphatic carbocycles. The molecular formula is C16H14N2O. The first-order valence-corrected chi connectivity index (χ1v) is 6.30. The largest absolute Gasteiger partial charge is 0.477 e. The Kier molecular flexibility index (Phi) is 3.36. The lowest BCUT2D eigenvalue weighted by Gasteiger charge is -2.07. The monoisotopic (exact) mass is 250 g/mol. The fourth-order valence-corrected chi connectivity index (χ4v) is 2.01. The first kappa shape index (κ1) is 11.7. The molecular weight excluding hydrogens is 236 g/mol. The topological polar surface area (TPSA) is 35.0 Å². The molecule has 19 heavy (non-hydrogen) atoms. The van der Waals surface area contributed by atoms with Crippen LogP contribution in [0.25, 0.3) is 10.9 Å². The van der Waals surface area contributed by atoms with Crippen molar-refractivity contribution in [3.8, 4) is 5.88 Å². The van der Waals surface area contributed by atoms with E-state index in [0.29, 0.717) is 12.5 Å². The van der Waals surface area contributed by atoms with Gasteiger partial charge in [0.05, 0.1) is 17.5 Å². The van der Waals surface area contributed by atoms with Crippen LogP contribution in [0.1, 0.15) is 5.56 Å². The highest BCUT2D eigenvalue weighted by molar-refractivity contribution is 5.82. The smallest absolute Gasteiger partial charge is 0.224 e. The third-order valence-corrected chi connectivity index (χ3v) is 2.98. The van der Waals surface area contributed by atoms with E-state index < -0.39 is 0 Å². The van der Waals surface area contributed by atoms with Crippen LogP contribution in [0.15, 0.2) is 60.9 Å². The molecule has 1 aromatic heterocycles. The molecule has 0 saturated carbocycles. The lowest BCUT2D eigenvalue weighted by atomic mass is 10.2. The average molecular weight is 250 g/mol. The van der Waals surface area contributed by atoms with Gasteiger partial charge in [-0.2, -0.15) is 0 Å². The Bertz CT molecular complexity index is 662. The number of benzene rings is 2. The van der Waals surface area contributed by atoms with Gasteiger partial charge in [0.25, 0.3) is 0 Å². The van der Waals surface area contributed by atoms with E-state index in [1.54, 1.807) is 6.33 Å². The number of rotatable bonds is 4. The van der Waals surface area contributed by atoms with Crippen LogP contribution >= 0.6 is 0 Å². The second-order valence-electron chi connectivity index (χ2n) is 4.28. The van der Waals surface area contributed by atoms with Gasteiger partial charge in [0.1, 0.15) is 6.33 Å². The second kappa shape index (κ2) is 5.48. The van der Waals surface area contributed by atoms with Crippen molar-refractivity contribution in [2.75, 3.05) is 6.61 Å². The fourth-order valence-electron chi connectivity index (χ4n) is 2.01. The van der Waals surface area contributed by atoms with Crippen LogP contribution in [-0.4, -0.2) is 16.6 Å². The molecule has 1 heterocycles. The number of fused-ring (bicyclic) bond motifs is 1. The average Bonchev–Trinajstić information content (AvgIpc) is 2.49. The Morgan fingerprint density at radius 1 is 0.842 bits per heavy atom. The molecule has 0 bridgehead atoms. The number of para-hydroxylation sites is 1. The zero-order valence-electron chi connectivity index (χ0n) is 10.5. The molecule has 0 fully saturated rings. The predicted molar refractivity (Wildman–Crippen MR) is 75.2 cm³/mol. The summed E-state index contributed by atoms with van der Waals surface area (Å²) in [6.07, 6.45) is 2.42. The quantitative estimate of drug-likeness (QED) is 0.713. The number of hydrogen-bond acceptors (Lipinski definition) is 3. The van der Waals surface area contributed by atoms with Crippen molar-refractivity contribution in [1.29, 1.82) is 0 Å². The maximum absolute atomic E-state index is 5.77. The molecule has 3 nitrogen and oxygen atoms in total. The number of ether oxygens (including phenoxy) is 1. The molecule has 0 saturated heterocycles. The van der Waals surface area contributed by atoms with E-state index in [4.69, 9.17) is 4.74 Å². The molecule has 2 aromatic carbocycles. The molecule has 94 valence electrons. The van der Waals surface area contributed by atoms with E-state index in [9.17, 15) is 0 Å². The first-order chi connectivity index (χ1) is 9.43. The van der Waals surface area contributed by atoms with Crippen molar-refractivity contribution in [1.82, 2.24) is 9.97 Å². The summed E-state index contributed by atoms with van der Waals surface area (Å²) >= 11 is 0. The van der Waals surface area contributed by atoms with E-state index in [2.05, 4.69) is 22.1 Å². The summed E-state index contributed by atoms with van der Waals surface area (Å²) in [6.45, 7) is 0.616. The Morgan fingerprint density at radius 2 is 1.63 bits per heavy atom. The molecule has 0 aliphatic heterocycles. The molecule has 0 aliphatic rings. The van der Waals surface area contributed by atoms with Crippen molar-refractivity contribution in [2.24, 2.45) is 0 Å². The Balaban J connectivity index is 1.72. The van der Waals surface area contributed by atoms with Crippen LogP contribution in [0.5, 0.6) is 5.88 Å². The van der Waals surface area contributed by atoms with Gasteiger partial charge < -0.3 is 4.74 Å². The molecule has 0 amide bonds. The van der Waals surface area contributed by atoms with E-state index in [1.165, 1.54) is 5.56 Å². The minimum atomic E-state index is 0.616. The highest BCUT2D eigenvalue weighted by Gasteiger charge is 2.03. The third kappa shape index (κ3) is 2.71. The van der Waals surface area contributed by atoms with Gasteiger partial charge in [-0.3, -0.25) is 0 Å². The van der Waals surface area contributed by atoms with Gasteiger partial charge in [-0.1, -0.05) is 42.5 Å². The Morgan fingerprint density at radius 3 is 2.53 bits per heavy atom. The van der Waals surface area contributed by atoms with Crippen LogP contribution in [0.3, 0.4) is 0 Å². The summed E-state index contributed by atoms with van der Waals surface area (Å²) in [4.78, 5) is 8.42.